The molecular formula is C20H22N4O3. The van der Waals surface area contributed by atoms with Gasteiger partial charge in [-0.3, -0.25) is 15.1 Å². The van der Waals surface area contributed by atoms with Gasteiger partial charge in [-0.25, -0.2) is 4.79 Å². The first-order chi connectivity index (χ1) is 13.0. The van der Waals surface area contributed by atoms with Crippen molar-refractivity contribution < 1.29 is 14.3 Å². The van der Waals surface area contributed by atoms with E-state index in [1.165, 1.54) is 12.0 Å². The monoisotopic (exact) mass is 366 g/mol. The lowest BCUT2D eigenvalue weighted by molar-refractivity contribution is -0.141. The van der Waals surface area contributed by atoms with Gasteiger partial charge >= 0.3 is 12.0 Å². The highest BCUT2D eigenvalue weighted by molar-refractivity contribution is 5.96. The number of ether oxygens (including phenoxy) is 1. The molecule has 0 aliphatic carbocycles. The number of carbonyl (C=O) groups excluding carboxylic acids is 2. The highest BCUT2D eigenvalue weighted by atomic mass is 16.5. The highest BCUT2D eigenvalue weighted by Crippen LogP contribution is 2.25. The molecule has 0 radical (unpaired) electrons. The standard InChI is InChI=1S/C20H22N4O3/c1-27-18(25)13-23-11-2-12-24(20(23)26)17-9-7-15(8-10-17)14-3-5-16(6-4-14)19(21)22/h3-10H,2,11-13H2,1H3,(H3,21,22). The first-order valence-corrected chi connectivity index (χ1v) is 8.68. The number of nitrogens with two attached hydrogens (primary N) is 1. The van der Waals surface area contributed by atoms with Crippen molar-refractivity contribution in [2.24, 2.45) is 5.73 Å². The van der Waals surface area contributed by atoms with E-state index >= 15 is 0 Å². The zero-order valence-electron chi connectivity index (χ0n) is 15.1. The van der Waals surface area contributed by atoms with Crippen molar-refractivity contribution in [3.63, 3.8) is 0 Å². The molecule has 0 unspecified atom stereocenters. The summed E-state index contributed by atoms with van der Waals surface area (Å²) in [6.45, 7) is 1.13. The Labute approximate surface area is 157 Å². The van der Waals surface area contributed by atoms with Crippen LogP contribution in [0.2, 0.25) is 0 Å². The van der Waals surface area contributed by atoms with Gasteiger partial charge in [-0.2, -0.15) is 0 Å². The second kappa shape index (κ2) is 7.90. The van der Waals surface area contributed by atoms with E-state index in [9.17, 15) is 9.59 Å². The lowest BCUT2D eigenvalue weighted by Crippen LogP contribution is -2.51. The molecule has 2 amide bonds. The van der Waals surface area contributed by atoms with Crippen LogP contribution in [0.25, 0.3) is 11.1 Å². The largest absolute Gasteiger partial charge is 0.468 e. The number of anilines is 1. The summed E-state index contributed by atoms with van der Waals surface area (Å²) >= 11 is 0. The normalized spacial score (nSPS) is 14.2. The summed E-state index contributed by atoms with van der Waals surface area (Å²) in [4.78, 5) is 27.3. The SMILES string of the molecule is COC(=O)CN1CCCN(c2ccc(-c3ccc(C(=N)N)cc3)cc2)C1=O. The van der Waals surface area contributed by atoms with Crippen LogP contribution in [0.4, 0.5) is 10.5 Å². The number of esters is 1. The van der Waals surface area contributed by atoms with Crippen molar-refractivity contribution in [2.45, 2.75) is 6.42 Å². The van der Waals surface area contributed by atoms with E-state index in [0.717, 1.165) is 23.2 Å². The number of hydrogen-bond donors (Lipinski definition) is 2. The van der Waals surface area contributed by atoms with Crippen molar-refractivity contribution in [1.82, 2.24) is 4.90 Å². The minimum absolute atomic E-state index is 0.0353. The Morgan fingerprint density at radius 1 is 1.07 bits per heavy atom. The van der Waals surface area contributed by atoms with E-state index in [0.29, 0.717) is 18.7 Å². The number of carbonyl (C=O) groups is 2. The van der Waals surface area contributed by atoms with Gasteiger partial charge in [0.15, 0.2) is 0 Å². The van der Waals surface area contributed by atoms with E-state index in [4.69, 9.17) is 11.1 Å². The Morgan fingerprint density at radius 3 is 2.22 bits per heavy atom. The van der Waals surface area contributed by atoms with Gasteiger partial charge in [0, 0.05) is 24.3 Å². The average Bonchev–Trinajstić information content (AvgIpc) is 2.69. The van der Waals surface area contributed by atoms with Crippen LogP contribution in [0.1, 0.15) is 12.0 Å². The molecule has 140 valence electrons. The Bertz CT molecular complexity index is 847. The van der Waals surface area contributed by atoms with Gasteiger partial charge in [0.2, 0.25) is 0 Å². The smallest absolute Gasteiger partial charge is 0.325 e. The van der Waals surface area contributed by atoms with Gasteiger partial charge in [0.1, 0.15) is 12.4 Å². The number of amides is 2. The minimum atomic E-state index is -0.422. The fourth-order valence-electron chi connectivity index (χ4n) is 3.06. The third kappa shape index (κ3) is 4.08. The van der Waals surface area contributed by atoms with Crippen molar-refractivity contribution in [2.75, 3.05) is 31.6 Å². The molecule has 0 saturated carbocycles. The topological polar surface area (TPSA) is 99.7 Å². The lowest BCUT2D eigenvalue weighted by Gasteiger charge is -2.35. The number of amidine groups is 1. The molecule has 7 nitrogen and oxygen atoms in total. The zero-order chi connectivity index (χ0) is 19.4. The number of urea groups is 1. The van der Waals surface area contributed by atoms with Crippen LogP contribution in [-0.2, 0) is 9.53 Å². The van der Waals surface area contributed by atoms with E-state index in [-0.39, 0.29) is 18.4 Å². The van der Waals surface area contributed by atoms with Gasteiger partial charge < -0.3 is 15.4 Å². The first-order valence-electron chi connectivity index (χ1n) is 8.68. The summed E-state index contributed by atoms with van der Waals surface area (Å²) in [6, 6.07) is 14.9. The predicted octanol–water partition coefficient (Wildman–Crippen LogP) is 2.44. The summed E-state index contributed by atoms with van der Waals surface area (Å²) in [5.74, 6) is -0.383. The number of benzene rings is 2. The van der Waals surface area contributed by atoms with Gasteiger partial charge in [0.05, 0.1) is 7.11 Å². The molecule has 0 bridgehead atoms. The van der Waals surface area contributed by atoms with Crippen molar-refractivity contribution >= 4 is 23.5 Å². The molecule has 7 heteroatoms. The van der Waals surface area contributed by atoms with Crippen LogP contribution in [0, 0.1) is 5.41 Å². The van der Waals surface area contributed by atoms with Gasteiger partial charge in [-0.15, -0.1) is 0 Å². The van der Waals surface area contributed by atoms with Crippen LogP contribution < -0.4 is 10.6 Å². The van der Waals surface area contributed by atoms with E-state index in [1.54, 1.807) is 4.90 Å². The quantitative estimate of drug-likeness (QED) is 0.482. The number of methoxy groups -OCH3 is 1. The summed E-state index contributed by atoms with van der Waals surface area (Å²) in [7, 11) is 1.32. The number of nitrogens with zero attached hydrogens (tertiary/aromatic N) is 2. The van der Waals surface area contributed by atoms with Crippen molar-refractivity contribution in [1.29, 1.82) is 5.41 Å². The molecule has 0 aromatic heterocycles. The summed E-state index contributed by atoms with van der Waals surface area (Å²) in [5, 5.41) is 7.45. The second-order valence-electron chi connectivity index (χ2n) is 6.32. The Kier molecular flexibility index (Phi) is 5.40. The van der Waals surface area contributed by atoms with Crippen LogP contribution in [-0.4, -0.2) is 49.5 Å². The molecule has 3 rings (SSSR count). The lowest BCUT2D eigenvalue weighted by atomic mass is 10.0. The molecule has 2 aromatic rings. The number of rotatable bonds is 5. The molecular weight excluding hydrogens is 344 g/mol. The Balaban J connectivity index is 1.75. The van der Waals surface area contributed by atoms with Gasteiger partial charge in [-0.1, -0.05) is 36.4 Å². The summed E-state index contributed by atoms with van der Waals surface area (Å²) < 4.78 is 4.66. The van der Waals surface area contributed by atoms with E-state index in [1.807, 2.05) is 48.5 Å². The molecule has 1 aliphatic heterocycles. The third-order valence-corrected chi connectivity index (χ3v) is 4.57. The number of nitrogens with one attached hydrogen (secondary N) is 1. The fourth-order valence-corrected chi connectivity index (χ4v) is 3.06. The van der Waals surface area contributed by atoms with Crippen LogP contribution in [0.3, 0.4) is 0 Å². The van der Waals surface area contributed by atoms with Gasteiger partial charge in [0.25, 0.3) is 0 Å². The predicted molar refractivity (Wildman–Crippen MR) is 104 cm³/mol. The van der Waals surface area contributed by atoms with E-state index in [2.05, 4.69) is 4.74 Å². The second-order valence-corrected chi connectivity index (χ2v) is 6.32. The van der Waals surface area contributed by atoms with Crippen LogP contribution >= 0.6 is 0 Å². The van der Waals surface area contributed by atoms with Crippen molar-refractivity contribution in [3.05, 3.63) is 54.1 Å². The average molecular weight is 366 g/mol. The maximum atomic E-state index is 12.6. The molecule has 3 N–H and O–H groups in total. The molecule has 1 aliphatic rings. The first kappa shape index (κ1) is 18.4. The molecule has 1 heterocycles. The molecule has 2 aromatic carbocycles. The van der Waals surface area contributed by atoms with Crippen molar-refractivity contribution in [3.8, 4) is 11.1 Å². The zero-order valence-corrected chi connectivity index (χ0v) is 15.1. The van der Waals surface area contributed by atoms with Crippen LogP contribution in [0.5, 0.6) is 0 Å². The van der Waals surface area contributed by atoms with E-state index < -0.39 is 5.97 Å². The summed E-state index contributed by atoms with van der Waals surface area (Å²) in [6.07, 6.45) is 0.789. The molecule has 0 spiro atoms. The Morgan fingerprint density at radius 2 is 1.67 bits per heavy atom. The van der Waals surface area contributed by atoms with Gasteiger partial charge in [-0.05, 0) is 29.7 Å². The molecule has 27 heavy (non-hydrogen) atoms. The third-order valence-electron chi connectivity index (χ3n) is 4.57. The molecule has 1 saturated heterocycles. The number of hydrogen-bond acceptors (Lipinski definition) is 4. The minimum Gasteiger partial charge on any atom is -0.468 e. The Hall–Kier alpha value is -3.35. The molecule has 1 fully saturated rings. The summed E-state index contributed by atoms with van der Waals surface area (Å²) in [5.41, 5.74) is 8.96. The fraction of sp³-hybridized carbons (Fsp3) is 0.250. The molecule has 0 atom stereocenters. The maximum Gasteiger partial charge on any atom is 0.325 e. The maximum absolute atomic E-state index is 12.6. The highest BCUT2D eigenvalue weighted by Gasteiger charge is 2.28. The number of nitrogen functional groups attached to an aromatic ring is 1. The van der Waals surface area contributed by atoms with Crippen LogP contribution in [0.15, 0.2) is 48.5 Å².